The number of nitrogens with zero attached hydrogens (tertiary/aromatic N) is 5. The van der Waals surface area contributed by atoms with E-state index in [0.717, 1.165) is 0 Å². The van der Waals surface area contributed by atoms with Gasteiger partial charge in [0.15, 0.2) is 5.82 Å². The van der Waals surface area contributed by atoms with Crippen LogP contribution >= 0.6 is 0 Å². The van der Waals surface area contributed by atoms with Gasteiger partial charge in [0.2, 0.25) is 0 Å². The molecular weight excluding hydrogens is 182 g/mol. The van der Waals surface area contributed by atoms with Crippen molar-refractivity contribution in [3.05, 3.63) is 24.5 Å². The summed E-state index contributed by atoms with van der Waals surface area (Å²) in [5, 5.41) is 3.95. The summed E-state index contributed by atoms with van der Waals surface area (Å²) in [7, 11) is 0. The molecule has 0 saturated carbocycles. The Kier molecular flexibility index (Phi) is 2.07. The van der Waals surface area contributed by atoms with Crippen LogP contribution in [-0.4, -0.2) is 24.7 Å². The van der Waals surface area contributed by atoms with E-state index in [9.17, 15) is 0 Å². The molecule has 72 valence electrons. The average Bonchev–Trinajstić information content (AvgIpc) is 2.69. The molecule has 0 aliphatic heterocycles. The monoisotopic (exact) mass is 191 g/mol. The van der Waals surface area contributed by atoms with Crippen LogP contribution in [0.2, 0.25) is 0 Å². The lowest BCUT2D eigenvalue weighted by Gasteiger charge is -2.03. The van der Waals surface area contributed by atoms with Crippen molar-refractivity contribution in [3.8, 4) is 5.82 Å². The van der Waals surface area contributed by atoms with Crippen LogP contribution in [0.3, 0.4) is 0 Å². The number of nitrogens with two attached hydrogens (primary N) is 1. The number of hydrogen-bond acceptors (Lipinski definition) is 6. The molecule has 0 bridgehead atoms. The summed E-state index contributed by atoms with van der Waals surface area (Å²) in [4.78, 5) is 12.1. The number of anilines is 1. The molecule has 2 aromatic heterocycles. The molecule has 2 rings (SSSR count). The molecule has 14 heavy (non-hydrogen) atoms. The van der Waals surface area contributed by atoms with Gasteiger partial charge in [-0.25, -0.2) is 25.5 Å². The summed E-state index contributed by atoms with van der Waals surface area (Å²) in [6.07, 6.45) is 3.00. The van der Waals surface area contributed by atoms with Gasteiger partial charge < -0.3 is 5.43 Å². The molecule has 2 heterocycles. The van der Waals surface area contributed by atoms with Crippen LogP contribution in [0.4, 0.5) is 5.82 Å². The first kappa shape index (κ1) is 8.57. The van der Waals surface area contributed by atoms with Crippen molar-refractivity contribution in [2.24, 2.45) is 5.84 Å². The normalized spacial score (nSPS) is 10.1. The fraction of sp³-hybridized carbons (Fsp3) is 0.143. The smallest absolute Gasteiger partial charge is 0.161 e. The molecular formula is C7H9N7. The van der Waals surface area contributed by atoms with E-state index in [1.54, 1.807) is 19.3 Å². The number of aromatic nitrogens is 5. The first-order chi connectivity index (χ1) is 6.79. The summed E-state index contributed by atoms with van der Waals surface area (Å²) in [6.45, 7) is 1.78. The largest absolute Gasteiger partial charge is 0.308 e. The first-order valence-electron chi connectivity index (χ1n) is 3.97. The first-order valence-corrected chi connectivity index (χ1v) is 3.97. The summed E-state index contributed by atoms with van der Waals surface area (Å²) in [5.41, 5.74) is 2.46. The van der Waals surface area contributed by atoms with Crippen molar-refractivity contribution >= 4 is 5.82 Å². The number of nitrogen functional groups attached to an aromatic ring is 1. The molecule has 0 unspecified atom stereocenters. The zero-order valence-electron chi connectivity index (χ0n) is 7.55. The lowest BCUT2D eigenvalue weighted by molar-refractivity contribution is 0.827. The van der Waals surface area contributed by atoms with Crippen LogP contribution in [0.1, 0.15) is 5.82 Å². The average molecular weight is 191 g/mol. The van der Waals surface area contributed by atoms with Crippen molar-refractivity contribution in [1.82, 2.24) is 24.7 Å². The van der Waals surface area contributed by atoms with Crippen LogP contribution in [0.25, 0.3) is 5.82 Å². The number of aryl methyl sites for hydroxylation is 1. The van der Waals surface area contributed by atoms with Gasteiger partial charge in [-0.05, 0) is 6.92 Å². The van der Waals surface area contributed by atoms with Crippen LogP contribution in [-0.2, 0) is 0 Å². The van der Waals surface area contributed by atoms with Gasteiger partial charge >= 0.3 is 0 Å². The molecule has 2 aromatic rings. The summed E-state index contributed by atoms with van der Waals surface area (Å²) in [5.74, 6) is 7.04. The van der Waals surface area contributed by atoms with E-state index in [-0.39, 0.29) is 0 Å². The predicted octanol–water partition coefficient (Wildman–Crippen LogP) is -0.349. The molecule has 0 aliphatic carbocycles. The highest BCUT2D eigenvalue weighted by molar-refractivity contribution is 5.39. The minimum Gasteiger partial charge on any atom is -0.308 e. The molecule has 0 atom stereocenters. The van der Waals surface area contributed by atoms with Crippen molar-refractivity contribution in [1.29, 1.82) is 0 Å². The minimum absolute atomic E-state index is 0.544. The Morgan fingerprint density at radius 1 is 1.43 bits per heavy atom. The van der Waals surface area contributed by atoms with Crippen LogP contribution in [0, 0.1) is 6.92 Å². The third kappa shape index (κ3) is 1.52. The Labute approximate surface area is 80.0 Å². The summed E-state index contributed by atoms with van der Waals surface area (Å²) in [6, 6.07) is 1.68. The fourth-order valence-electron chi connectivity index (χ4n) is 1.07. The van der Waals surface area contributed by atoms with E-state index >= 15 is 0 Å². The van der Waals surface area contributed by atoms with Gasteiger partial charge in [0.1, 0.15) is 24.3 Å². The maximum absolute atomic E-state index is 5.26. The molecule has 0 spiro atoms. The Morgan fingerprint density at radius 3 is 2.93 bits per heavy atom. The molecule has 3 N–H and O–H groups in total. The van der Waals surface area contributed by atoms with Gasteiger partial charge in [-0.15, -0.1) is 0 Å². The van der Waals surface area contributed by atoms with E-state index < -0.39 is 0 Å². The Bertz CT molecular complexity index is 422. The zero-order chi connectivity index (χ0) is 9.97. The van der Waals surface area contributed by atoms with E-state index in [4.69, 9.17) is 5.84 Å². The van der Waals surface area contributed by atoms with E-state index in [0.29, 0.717) is 17.5 Å². The standard InChI is InChI=1S/C7H9N7/c1-5-11-6(13-8)2-7(12-5)14-4-9-3-10-14/h2-4H,8H2,1H3,(H,11,12,13). The lowest BCUT2D eigenvalue weighted by Crippen LogP contribution is -2.11. The molecule has 0 fully saturated rings. The summed E-state index contributed by atoms with van der Waals surface area (Å²) >= 11 is 0. The van der Waals surface area contributed by atoms with E-state index in [2.05, 4.69) is 25.5 Å². The Morgan fingerprint density at radius 2 is 2.29 bits per heavy atom. The number of nitrogens with one attached hydrogen (secondary N) is 1. The van der Waals surface area contributed by atoms with Gasteiger partial charge in [-0.1, -0.05) is 0 Å². The third-order valence-electron chi connectivity index (χ3n) is 1.63. The molecule has 0 amide bonds. The van der Waals surface area contributed by atoms with Gasteiger partial charge in [-0.2, -0.15) is 5.10 Å². The SMILES string of the molecule is Cc1nc(NN)cc(-n2cncn2)n1. The predicted molar refractivity (Wildman–Crippen MR) is 49.5 cm³/mol. The highest BCUT2D eigenvalue weighted by atomic mass is 15.4. The van der Waals surface area contributed by atoms with E-state index in [1.807, 2.05) is 0 Å². The van der Waals surface area contributed by atoms with Crippen molar-refractivity contribution in [2.75, 3.05) is 5.43 Å². The molecule has 0 saturated heterocycles. The van der Waals surface area contributed by atoms with Crippen LogP contribution in [0.15, 0.2) is 18.7 Å². The molecule has 0 radical (unpaired) electrons. The van der Waals surface area contributed by atoms with Crippen molar-refractivity contribution in [3.63, 3.8) is 0 Å². The van der Waals surface area contributed by atoms with Crippen molar-refractivity contribution < 1.29 is 0 Å². The zero-order valence-corrected chi connectivity index (χ0v) is 7.55. The second kappa shape index (κ2) is 3.38. The number of rotatable bonds is 2. The fourth-order valence-corrected chi connectivity index (χ4v) is 1.07. The van der Waals surface area contributed by atoms with E-state index in [1.165, 1.54) is 11.0 Å². The third-order valence-corrected chi connectivity index (χ3v) is 1.63. The summed E-state index contributed by atoms with van der Waals surface area (Å²) < 4.78 is 1.54. The Balaban J connectivity index is 2.48. The highest BCUT2D eigenvalue weighted by Crippen LogP contribution is 2.07. The maximum atomic E-state index is 5.26. The number of hydrogen-bond donors (Lipinski definition) is 2. The Hall–Kier alpha value is -2.02. The molecule has 0 aliphatic rings. The van der Waals surface area contributed by atoms with Gasteiger partial charge in [0.05, 0.1) is 0 Å². The maximum Gasteiger partial charge on any atom is 0.161 e. The lowest BCUT2D eigenvalue weighted by atomic mass is 10.5. The van der Waals surface area contributed by atoms with Gasteiger partial charge in [-0.3, -0.25) is 0 Å². The quantitative estimate of drug-likeness (QED) is 0.497. The number of hydrazine groups is 1. The van der Waals surface area contributed by atoms with Crippen molar-refractivity contribution in [2.45, 2.75) is 6.92 Å². The molecule has 7 nitrogen and oxygen atoms in total. The second-order valence-electron chi connectivity index (χ2n) is 2.64. The highest BCUT2D eigenvalue weighted by Gasteiger charge is 2.02. The van der Waals surface area contributed by atoms with Crippen LogP contribution in [0.5, 0.6) is 0 Å². The molecule has 0 aromatic carbocycles. The van der Waals surface area contributed by atoms with Gasteiger partial charge in [0, 0.05) is 6.07 Å². The minimum atomic E-state index is 0.544. The van der Waals surface area contributed by atoms with Crippen LogP contribution < -0.4 is 11.3 Å². The topological polar surface area (TPSA) is 94.5 Å². The second-order valence-corrected chi connectivity index (χ2v) is 2.64. The molecule has 7 heteroatoms. The van der Waals surface area contributed by atoms with Gasteiger partial charge in [0.25, 0.3) is 0 Å².